The number of ketones is 1. The van der Waals surface area contributed by atoms with Gasteiger partial charge in [0.05, 0.1) is 6.04 Å². The molecule has 26 heavy (non-hydrogen) atoms. The second-order valence-electron chi connectivity index (χ2n) is 6.98. The molecule has 1 aromatic rings. The Kier molecular flexibility index (Phi) is 8.39. The molecule has 0 N–H and O–H groups in total. The maximum atomic E-state index is 12.5. The van der Waals surface area contributed by atoms with Crippen LogP contribution in [0.1, 0.15) is 64.7 Å². The van der Waals surface area contributed by atoms with E-state index in [1.165, 1.54) is 25.7 Å². The van der Waals surface area contributed by atoms with Crippen molar-refractivity contribution < 1.29 is 14.3 Å². The molecule has 1 heterocycles. The number of Topliss-reactive ketones (excluding diaryl/α,β-unsaturated/α-hetero) is 1. The molecule has 1 saturated heterocycles. The lowest BCUT2D eigenvalue weighted by Crippen LogP contribution is -2.38. The highest BCUT2D eigenvalue weighted by Crippen LogP contribution is 2.31. The number of carbonyl (C=O) groups is 2. The van der Waals surface area contributed by atoms with Gasteiger partial charge in [-0.1, -0.05) is 63.3 Å². The monoisotopic (exact) mass is 357 g/mol. The molecule has 1 amide bonds. The van der Waals surface area contributed by atoms with Gasteiger partial charge < -0.3 is 4.74 Å². The van der Waals surface area contributed by atoms with Gasteiger partial charge in [0.15, 0.2) is 0 Å². The first kappa shape index (κ1) is 20.2. The maximum absolute atomic E-state index is 12.5. The number of benzene rings is 1. The topological polar surface area (TPSA) is 46.6 Å². The van der Waals surface area contributed by atoms with Gasteiger partial charge in [-0.25, -0.2) is 4.79 Å². The molecule has 0 radical (unpaired) electrons. The van der Waals surface area contributed by atoms with Crippen LogP contribution >= 0.6 is 0 Å². The number of carbonyl (C=O) groups excluding carboxylic acids is 2. The Hall–Kier alpha value is -2.10. The lowest BCUT2D eigenvalue weighted by atomic mass is 9.98. The third kappa shape index (κ3) is 5.72. The Labute approximate surface area is 157 Å². The fourth-order valence-electron chi connectivity index (χ4n) is 3.48. The largest absolute Gasteiger partial charge is 0.443 e. The van der Waals surface area contributed by atoms with Gasteiger partial charge in [-0.3, -0.25) is 9.69 Å². The Morgan fingerprint density at radius 3 is 2.54 bits per heavy atom. The van der Waals surface area contributed by atoms with E-state index in [2.05, 4.69) is 13.5 Å². The highest BCUT2D eigenvalue weighted by molar-refractivity contribution is 5.92. The molecule has 0 aliphatic carbocycles. The minimum Gasteiger partial charge on any atom is -0.443 e. The molecule has 1 aliphatic rings. The summed E-state index contributed by atoms with van der Waals surface area (Å²) in [6.45, 7) is 5.95. The van der Waals surface area contributed by atoms with Crippen LogP contribution in [0.3, 0.4) is 0 Å². The van der Waals surface area contributed by atoms with E-state index in [-0.39, 0.29) is 24.0 Å². The normalized spacial score (nSPS) is 19.4. The molecule has 1 fully saturated rings. The Morgan fingerprint density at radius 1 is 1.15 bits per heavy atom. The van der Waals surface area contributed by atoms with E-state index in [1.54, 1.807) is 11.0 Å². The van der Waals surface area contributed by atoms with E-state index in [0.717, 1.165) is 18.5 Å². The summed E-state index contributed by atoms with van der Waals surface area (Å²) in [6.07, 6.45) is 9.52. The smallest absolute Gasteiger partial charge is 0.415 e. The SMILES string of the molecule is C=CC[C@@H]1OC(=O)N(c2ccccc2)[C@H]1CC(=O)CCCCCCCC. The molecule has 0 spiro atoms. The van der Waals surface area contributed by atoms with Crippen LogP contribution < -0.4 is 4.90 Å². The van der Waals surface area contributed by atoms with Crippen LogP contribution in [0.4, 0.5) is 10.5 Å². The average Bonchev–Trinajstić information content (AvgIpc) is 2.94. The average molecular weight is 357 g/mol. The molecule has 1 aromatic carbocycles. The predicted octanol–water partition coefficient (Wildman–Crippen LogP) is 5.67. The first-order valence-corrected chi connectivity index (χ1v) is 9.84. The van der Waals surface area contributed by atoms with Crippen molar-refractivity contribution in [2.24, 2.45) is 0 Å². The summed E-state index contributed by atoms with van der Waals surface area (Å²) >= 11 is 0. The minimum atomic E-state index is -0.375. The van der Waals surface area contributed by atoms with E-state index in [0.29, 0.717) is 19.3 Å². The van der Waals surface area contributed by atoms with Gasteiger partial charge in [0, 0.05) is 24.9 Å². The lowest BCUT2D eigenvalue weighted by molar-refractivity contribution is -0.119. The minimum absolute atomic E-state index is 0.207. The molecule has 4 heteroatoms. The predicted molar refractivity (Wildman–Crippen MR) is 105 cm³/mol. The lowest BCUT2D eigenvalue weighted by Gasteiger charge is -2.23. The van der Waals surface area contributed by atoms with Gasteiger partial charge in [0.2, 0.25) is 0 Å². The molecular weight excluding hydrogens is 326 g/mol. The Balaban J connectivity index is 1.94. The highest BCUT2D eigenvalue weighted by atomic mass is 16.6. The quantitative estimate of drug-likeness (QED) is 0.358. The van der Waals surface area contributed by atoms with Gasteiger partial charge in [0.1, 0.15) is 11.9 Å². The molecule has 1 aliphatic heterocycles. The molecule has 2 rings (SSSR count). The van der Waals surface area contributed by atoms with Crippen molar-refractivity contribution in [3.05, 3.63) is 43.0 Å². The number of cyclic esters (lactones) is 1. The molecule has 142 valence electrons. The van der Waals surface area contributed by atoms with Crippen molar-refractivity contribution in [1.29, 1.82) is 0 Å². The van der Waals surface area contributed by atoms with Gasteiger partial charge in [-0.2, -0.15) is 0 Å². The second-order valence-corrected chi connectivity index (χ2v) is 6.98. The Bertz CT molecular complexity index is 584. The highest BCUT2D eigenvalue weighted by Gasteiger charge is 2.42. The van der Waals surface area contributed by atoms with Crippen LogP contribution in [0.15, 0.2) is 43.0 Å². The van der Waals surface area contributed by atoms with Crippen molar-refractivity contribution in [1.82, 2.24) is 0 Å². The first-order valence-electron chi connectivity index (χ1n) is 9.84. The molecular formula is C22H31NO3. The fourth-order valence-corrected chi connectivity index (χ4v) is 3.48. The van der Waals surface area contributed by atoms with Gasteiger partial charge in [-0.15, -0.1) is 6.58 Å². The third-order valence-electron chi connectivity index (χ3n) is 4.89. The van der Waals surface area contributed by atoms with E-state index in [1.807, 2.05) is 30.3 Å². The van der Waals surface area contributed by atoms with Crippen molar-refractivity contribution in [2.45, 2.75) is 76.9 Å². The van der Waals surface area contributed by atoms with Crippen LogP contribution in [0.2, 0.25) is 0 Å². The van der Waals surface area contributed by atoms with Gasteiger partial charge >= 0.3 is 6.09 Å². The number of rotatable bonds is 12. The molecule has 0 saturated carbocycles. The van der Waals surface area contributed by atoms with Crippen LogP contribution in [0, 0.1) is 0 Å². The van der Waals surface area contributed by atoms with E-state index < -0.39 is 0 Å². The second kappa shape index (κ2) is 10.8. The van der Waals surface area contributed by atoms with Crippen LogP contribution in [0.5, 0.6) is 0 Å². The molecule has 0 unspecified atom stereocenters. The van der Waals surface area contributed by atoms with Crippen molar-refractivity contribution in [3.63, 3.8) is 0 Å². The number of hydrogen-bond donors (Lipinski definition) is 0. The number of unbranched alkanes of at least 4 members (excludes halogenated alkanes) is 5. The summed E-state index contributed by atoms with van der Waals surface area (Å²) in [5, 5.41) is 0. The molecule has 0 aromatic heterocycles. The standard InChI is InChI=1S/C22H31NO3/c1-3-5-6-7-8-12-16-19(24)17-20-21(13-4-2)26-22(25)23(20)18-14-10-9-11-15-18/h4,9-11,14-15,20-21H,2-3,5-8,12-13,16-17H2,1H3/t20-,21-/m0/s1. The number of para-hydroxylation sites is 1. The number of ether oxygens (including phenoxy) is 1. The molecule has 0 bridgehead atoms. The van der Waals surface area contributed by atoms with Crippen LogP contribution in [-0.2, 0) is 9.53 Å². The summed E-state index contributed by atoms with van der Waals surface area (Å²) in [6, 6.07) is 9.18. The summed E-state index contributed by atoms with van der Waals surface area (Å²) in [4.78, 5) is 26.5. The van der Waals surface area contributed by atoms with E-state index >= 15 is 0 Å². The van der Waals surface area contributed by atoms with E-state index in [4.69, 9.17) is 4.74 Å². The summed E-state index contributed by atoms with van der Waals surface area (Å²) < 4.78 is 5.52. The fraction of sp³-hybridized carbons (Fsp3) is 0.545. The third-order valence-corrected chi connectivity index (χ3v) is 4.89. The number of amides is 1. The Morgan fingerprint density at radius 2 is 1.85 bits per heavy atom. The summed E-state index contributed by atoms with van der Waals surface area (Å²) in [7, 11) is 0. The zero-order valence-corrected chi connectivity index (χ0v) is 15.9. The number of hydrogen-bond acceptors (Lipinski definition) is 3. The van der Waals surface area contributed by atoms with Crippen molar-refractivity contribution in [2.75, 3.05) is 4.90 Å². The summed E-state index contributed by atoms with van der Waals surface area (Å²) in [5.41, 5.74) is 0.779. The van der Waals surface area contributed by atoms with Crippen molar-refractivity contribution >= 4 is 17.6 Å². The number of anilines is 1. The zero-order valence-electron chi connectivity index (χ0n) is 15.9. The molecule has 2 atom stereocenters. The van der Waals surface area contributed by atoms with Crippen LogP contribution in [-0.4, -0.2) is 24.0 Å². The van der Waals surface area contributed by atoms with E-state index in [9.17, 15) is 9.59 Å². The first-order chi connectivity index (χ1) is 12.7. The van der Waals surface area contributed by atoms with Crippen molar-refractivity contribution in [3.8, 4) is 0 Å². The van der Waals surface area contributed by atoms with Gasteiger partial charge in [-0.05, 0) is 18.6 Å². The molecule has 4 nitrogen and oxygen atoms in total. The zero-order chi connectivity index (χ0) is 18.8. The maximum Gasteiger partial charge on any atom is 0.415 e. The number of nitrogens with zero attached hydrogens (tertiary/aromatic N) is 1. The summed E-state index contributed by atoms with van der Waals surface area (Å²) in [5.74, 6) is 0.207. The van der Waals surface area contributed by atoms with Gasteiger partial charge in [0.25, 0.3) is 0 Å². The van der Waals surface area contributed by atoms with Crippen LogP contribution in [0.25, 0.3) is 0 Å².